The number of aromatic nitrogens is 1. The average Bonchev–Trinajstić information content (AvgIpc) is 3.09. The molecule has 3 N–H and O–H groups in total. The largest absolute Gasteiger partial charge is 0.367 e. The Balaban J connectivity index is 1.37. The zero-order valence-corrected chi connectivity index (χ0v) is 17.2. The van der Waals surface area contributed by atoms with Crippen molar-refractivity contribution in [3.05, 3.63) is 59.3 Å². The van der Waals surface area contributed by atoms with E-state index in [4.69, 9.17) is 0 Å². The van der Waals surface area contributed by atoms with Crippen LogP contribution in [0.5, 0.6) is 0 Å². The van der Waals surface area contributed by atoms with Gasteiger partial charge in [0.2, 0.25) is 0 Å². The van der Waals surface area contributed by atoms with Crippen LogP contribution < -0.4 is 16.0 Å². The molecule has 162 valence electrons. The van der Waals surface area contributed by atoms with Gasteiger partial charge in [0.15, 0.2) is 5.54 Å². The zero-order valence-electron chi connectivity index (χ0n) is 17.2. The van der Waals surface area contributed by atoms with E-state index in [2.05, 4.69) is 20.9 Å². The monoisotopic (exact) mass is 425 g/mol. The number of pyridine rings is 1. The lowest BCUT2D eigenvalue weighted by molar-refractivity contribution is -0.124. The number of benzene rings is 1. The fourth-order valence-electron chi connectivity index (χ4n) is 3.94. The van der Waals surface area contributed by atoms with Gasteiger partial charge in [-0.3, -0.25) is 14.9 Å². The van der Waals surface area contributed by atoms with Gasteiger partial charge in [0, 0.05) is 30.9 Å². The van der Waals surface area contributed by atoms with E-state index in [-0.39, 0.29) is 11.9 Å². The summed E-state index contributed by atoms with van der Waals surface area (Å²) in [6, 6.07) is 9.61. The number of urea groups is 1. The van der Waals surface area contributed by atoms with E-state index in [0.717, 1.165) is 24.2 Å². The van der Waals surface area contributed by atoms with Crippen LogP contribution >= 0.6 is 0 Å². The average molecular weight is 425 g/mol. The van der Waals surface area contributed by atoms with Crippen molar-refractivity contribution in [3.63, 3.8) is 0 Å². The van der Waals surface area contributed by atoms with E-state index >= 15 is 0 Å². The number of imide groups is 1. The van der Waals surface area contributed by atoms with E-state index in [1.165, 1.54) is 12.1 Å². The van der Waals surface area contributed by atoms with Crippen molar-refractivity contribution in [3.8, 4) is 0 Å². The number of carbonyl (C=O) groups excluding carboxylic acids is 3. The zero-order chi connectivity index (χ0) is 22.0. The molecule has 4 amide bonds. The summed E-state index contributed by atoms with van der Waals surface area (Å²) in [7, 11) is 0. The van der Waals surface area contributed by atoms with Gasteiger partial charge in [0.25, 0.3) is 11.8 Å². The van der Waals surface area contributed by atoms with Crippen molar-refractivity contribution in [1.82, 2.24) is 20.5 Å². The molecule has 0 unspecified atom stereocenters. The van der Waals surface area contributed by atoms with Crippen LogP contribution in [-0.2, 0) is 10.3 Å². The predicted octanol–water partition coefficient (Wildman–Crippen LogP) is 2.11. The number of alkyl halides is 1. The van der Waals surface area contributed by atoms with E-state index in [0.29, 0.717) is 24.2 Å². The number of likely N-dealkylation sites (tertiary alicyclic amines) is 1. The Bertz CT molecular complexity index is 987. The second-order valence-corrected chi connectivity index (χ2v) is 7.96. The molecule has 0 spiro atoms. The molecule has 1 aromatic heterocycles. The number of hydrogen-bond acceptors (Lipinski definition) is 5. The highest BCUT2D eigenvalue weighted by molar-refractivity contribution is 6.07. The van der Waals surface area contributed by atoms with Crippen molar-refractivity contribution < 1.29 is 18.8 Å². The fraction of sp³-hybridized carbons (Fsp3) is 0.364. The number of rotatable bonds is 5. The van der Waals surface area contributed by atoms with E-state index < -0.39 is 24.2 Å². The lowest BCUT2D eigenvalue weighted by Crippen LogP contribution is -2.46. The molecular formula is C22H24FN5O3. The van der Waals surface area contributed by atoms with Gasteiger partial charge >= 0.3 is 6.03 Å². The quantitative estimate of drug-likeness (QED) is 0.637. The molecule has 0 saturated carbocycles. The Hall–Kier alpha value is -3.49. The van der Waals surface area contributed by atoms with E-state index in [1.54, 1.807) is 17.0 Å². The van der Waals surface area contributed by atoms with Crippen molar-refractivity contribution in [2.75, 3.05) is 25.1 Å². The van der Waals surface area contributed by atoms with Gasteiger partial charge in [-0.25, -0.2) is 14.2 Å². The van der Waals surface area contributed by atoms with Gasteiger partial charge < -0.3 is 15.5 Å². The summed E-state index contributed by atoms with van der Waals surface area (Å²) in [5, 5.41) is 7.80. The van der Waals surface area contributed by atoms with Crippen LogP contribution in [0.4, 0.5) is 15.0 Å². The third-order valence-corrected chi connectivity index (χ3v) is 5.81. The first kappa shape index (κ1) is 20.8. The number of carbonyl (C=O) groups is 3. The first-order chi connectivity index (χ1) is 14.9. The van der Waals surface area contributed by atoms with Gasteiger partial charge in [0.05, 0.1) is 0 Å². The Kier molecular flexibility index (Phi) is 5.58. The van der Waals surface area contributed by atoms with Gasteiger partial charge in [-0.15, -0.1) is 0 Å². The highest BCUT2D eigenvalue weighted by atomic mass is 19.1. The smallest absolute Gasteiger partial charge is 0.322 e. The molecule has 2 aliphatic heterocycles. The molecule has 0 aliphatic carbocycles. The molecule has 2 aliphatic rings. The summed E-state index contributed by atoms with van der Waals surface area (Å²) in [5.41, 5.74) is 0.107. The van der Waals surface area contributed by atoms with E-state index in [9.17, 15) is 18.8 Å². The van der Waals surface area contributed by atoms with Crippen LogP contribution in [0.25, 0.3) is 0 Å². The summed E-state index contributed by atoms with van der Waals surface area (Å²) in [4.78, 5) is 42.5. The topological polar surface area (TPSA) is 103 Å². The van der Waals surface area contributed by atoms with Crippen LogP contribution in [0.2, 0.25) is 0 Å². The summed E-state index contributed by atoms with van der Waals surface area (Å²) in [6.45, 7) is 2.13. The Morgan fingerprint density at radius 2 is 1.90 bits per heavy atom. The first-order valence-electron chi connectivity index (χ1n) is 10.2. The van der Waals surface area contributed by atoms with Gasteiger partial charge in [-0.05, 0) is 49.1 Å². The number of amides is 4. The molecule has 1 aromatic carbocycles. The SMILES string of the molecule is Cc1ccc(NC2CCN(C(=O)c3ccc([C@]4(CF)NC(=O)NC4=O)cc3)CC2)nc1. The van der Waals surface area contributed by atoms with Gasteiger partial charge in [0.1, 0.15) is 12.5 Å². The minimum absolute atomic E-state index is 0.118. The molecule has 0 radical (unpaired) electrons. The summed E-state index contributed by atoms with van der Waals surface area (Å²) in [5.74, 6) is -0.0276. The standard InChI is InChI=1S/C22H24FN5O3/c1-14-2-7-18(24-12-14)25-17-8-10-28(11-9-17)19(29)15-3-5-16(6-4-15)22(13-23)20(30)26-21(31)27-22/h2-7,12,17H,8-11,13H2,1H3,(H,24,25)(H2,26,27,30,31)/t22-/m0/s1. The van der Waals surface area contributed by atoms with Crippen LogP contribution in [0.3, 0.4) is 0 Å². The molecule has 4 rings (SSSR count). The minimum atomic E-state index is -1.74. The highest BCUT2D eigenvalue weighted by Gasteiger charge is 2.48. The molecule has 9 heteroatoms. The van der Waals surface area contributed by atoms with Crippen molar-refractivity contribution in [2.45, 2.75) is 31.3 Å². The number of aryl methyl sites for hydroxylation is 1. The summed E-state index contributed by atoms with van der Waals surface area (Å²) in [6.07, 6.45) is 3.42. The summed E-state index contributed by atoms with van der Waals surface area (Å²) < 4.78 is 13.7. The van der Waals surface area contributed by atoms with Crippen LogP contribution in [-0.4, -0.2) is 53.5 Å². The molecule has 2 fully saturated rings. The van der Waals surface area contributed by atoms with Crippen molar-refractivity contribution in [1.29, 1.82) is 0 Å². The maximum Gasteiger partial charge on any atom is 0.322 e. The Labute approximate surface area is 179 Å². The molecule has 8 nitrogen and oxygen atoms in total. The first-order valence-corrected chi connectivity index (χ1v) is 10.2. The molecule has 31 heavy (non-hydrogen) atoms. The predicted molar refractivity (Wildman–Crippen MR) is 112 cm³/mol. The van der Waals surface area contributed by atoms with Gasteiger partial charge in [-0.2, -0.15) is 0 Å². The number of hydrogen-bond donors (Lipinski definition) is 3. The second kappa shape index (κ2) is 8.33. The molecule has 3 heterocycles. The highest BCUT2D eigenvalue weighted by Crippen LogP contribution is 2.26. The third-order valence-electron chi connectivity index (χ3n) is 5.81. The van der Waals surface area contributed by atoms with Gasteiger partial charge in [-0.1, -0.05) is 18.2 Å². The van der Waals surface area contributed by atoms with E-state index in [1.807, 2.05) is 25.3 Å². The Morgan fingerprint density at radius 1 is 1.19 bits per heavy atom. The molecule has 0 bridgehead atoms. The normalized spacial score (nSPS) is 21.5. The van der Waals surface area contributed by atoms with Crippen LogP contribution in [0.1, 0.15) is 34.3 Å². The third kappa shape index (κ3) is 4.08. The molecule has 1 atom stereocenters. The number of nitrogens with one attached hydrogen (secondary N) is 3. The maximum atomic E-state index is 13.7. The van der Waals surface area contributed by atoms with Crippen molar-refractivity contribution >= 4 is 23.7 Å². The molecule has 2 saturated heterocycles. The lowest BCUT2D eigenvalue weighted by atomic mass is 9.90. The Morgan fingerprint density at radius 3 is 2.45 bits per heavy atom. The lowest BCUT2D eigenvalue weighted by Gasteiger charge is -2.33. The number of anilines is 1. The fourth-order valence-corrected chi connectivity index (χ4v) is 3.94. The number of nitrogens with zero attached hydrogens (tertiary/aromatic N) is 2. The maximum absolute atomic E-state index is 13.7. The minimum Gasteiger partial charge on any atom is -0.367 e. The molecular weight excluding hydrogens is 401 g/mol. The molecule has 2 aromatic rings. The van der Waals surface area contributed by atoms with Crippen LogP contribution in [0.15, 0.2) is 42.6 Å². The summed E-state index contributed by atoms with van der Waals surface area (Å²) >= 11 is 0. The number of piperidine rings is 1. The van der Waals surface area contributed by atoms with Crippen LogP contribution in [0, 0.1) is 6.92 Å². The number of halogens is 1. The second-order valence-electron chi connectivity index (χ2n) is 7.96. The van der Waals surface area contributed by atoms with Crippen molar-refractivity contribution in [2.24, 2.45) is 0 Å².